The number of aliphatic hydroxyl groups is 1. The molecule has 1 amide bonds. The van der Waals surface area contributed by atoms with Crippen LogP contribution in [0.2, 0.25) is 0 Å². The predicted molar refractivity (Wildman–Crippen MR) is 91.5 cm³/mol. The molecule has 0 spiro atoms. The maximum absolute atomic E-state index is 11.7. The molecular weight excluding hydrogens is 302 g/mol. The zero-order valence-electron chi connectivity index (χ0n) is 13.9. The highest BCUT2D eigenvalue weighted by Gasteiger charge is 2.40. The van der Waals surface area contributed by atoms with E-state index >= 15 is 0 Å². The molecule has 2 aromatic rings. The Morgan fingerprint density at radius 3 is 2.62 bits per heavy atom. The largest absolute Gasteiger partial charge is 0.389 e. The van der Waals surface area contributed by atoms with Crippen molar-refractivity contribution in [1.82, 2.24) is 9.97 Å². The molecule has 0 unspecified atom stereocenters. The number of rotatable bonds is 7. The van der Waals surface area contributed by atoms with Crippen LogP contribution in [-0.4, -0.2) is 26.6 Å². The topological polar surface area (TPSA) is 89.1 Å². The van der Waals surface area contributed by atoms with Gasteiger partial charge < -0.3 is 10.8 Å². The average molecular weight is 325 g/mol. The summed E-state index contributed by atoms with van der Waals surface area (Å²) in [6.07, 6.45) is 5.69. The summed E-state index contributed by atoms with van der Waals surface area (Å²) in [5.41, 5.74) is 7.52. The SMILES string of the molecule is C[C@@](O)(Cc1nc(CCc2ccccn2)ccc1C(N)=O)C1CC1. The Morgan fingerprint density at radius 2 is 2.00 bits per heavy atom. The Kier molecular flexibility index (Phi) is 4.62. The van der Waals surface area contributed by atoms with E-state index in [-0.39, 0.29) is 5.92 Å². The van der Waals surface area contributed by atoms with Gasteiger partial charge in [-0.1, -0.05) is 6.07 Å². The number of hydrogen-bond donors (Lipinski definition) is 2. The highest BCUT2D eigenvalue weighted by atomic mass is 16.3. The minimum Gasteiger partial charge on any atom is -0.389 e. The van der Waals surface area contributed by atoms with Crippen LogP contribution in [0.4, 0.5) is 0 Å². The number of carbonyl (C=O) groups is 1. The van der Waals surface area contributed by atoms with Crippen LogP contribution in [-0.2, 0) is 19.3 Å². The van der Waals surface area contributed by atoms with Crippen molar-refractivity contribution in [3.63, 3.8) is 0 Å². The first-order valence-corrected chi connectivity index (χ1v) is 8.36. The first-order chi connectivity index (χ1) is 11.5. The zero-order chi connectivity index (χ0) is 17.2. The Morgan fingerprint density at radius 1 is 1.25 bits per heavy atom. The van der Waals surface area contributed by atoms with Crippen LogP contribution in [0.25, 0.3) is 0 Å². The summed E-state index contributed by atoms with van der Waals surface area (Å²) in [6, 6.07) is 9.39. The van der Waals surface area contributed by atoms with Gasteiger partial charge in [-0.25, -0.2) is 0 Å². The second-order valence-corrected chi connectivity index (χ2v) is 6.79. The molecule has 5 nitrogen and oxygen atoms in total. The molecule has 0 aromatic carbocycles. The van der Waals surface area contributed by atoms with Gasteiger partial charge >= 0.3 is 0 Å². The minimum atomic E-state index is -0.836. The van der Waals surface area contributed by atoms with Crippen molar-refractivity contribution >= 4 is 5.91 Å². The third-order valence-corrected chi connectivity index (χ3v) is 4.64. The van der Waals surface area contributed by atoms with Crippen molar-refractivity contribution in [3.05, 3.63) is 59.2 Å². The highest BCUT2D eigenvalue weighted by Crippen LogP contribution is 2.41. The fraction of sp³-hybridized carbons (Fsp3) is 0.421. The van der Waals surface area contributed by atoms with Gasteiger partial charge in [0, 0.05) is 24.0 Å². The number of carbonyl (C=O) groups excluding carboxylic acids is 1. The van der Waals surface area contributed by atoms with Crippen LogP contribution in [0.15, 0.2) is 36.5 Å². The minimum absolute atomic E-state index is 0.289. The molecule has 1 aliphatic rings. The molecule has 24 heavy (non-hydrogen) atoms. The van der Waals surface area contributed by atoms with E-state index in [0.29, 0.717) is 17.7 Å². The summed E-state index contributed by atoms with van der Waals surface area (Å²) in [5, 5.41) is 10.6. The van der Waals surface area contributed by atoms with E-state index in [1.165, 1.54) is 0 Å². The Labute approximate surface area is 142 Å². The molecule has 2 heterocycles. The van der Waals surface area contributed by atoms with E-state index < -0.39 is 11.5 Å². The predicted octanol–water partition coefficient (Wildman–Crippen LogP) is 2.06. The van der Waals surface area contributed by atoms with E-state index in [0.717, 1.165) is 37.1 Å². The van der Waals surface area contributed by atoms with E-state index in [2.05, 4.69) is 9.97 Å². The number of aryl methyl sites for hydroxylation is 2. The maximum Gasteiger partial charge on any atom is 0.250 e. The molecule has 0 bridgehead atoms. The maximum atomic E-state index is 11.7. The van der Waals surface area contributed by atoms with Gasteiger partial charge in [0.1, 0.15) is 0 Å². The summed E-state index contributed by atoms with van der Waals surface area (Å²) >= 11 is 0. The molecule has 0 aliphatic heterocycles. The second-order valence-electron chi connectivity index (χ2n) is 6.79. The third-order valence-electron chi connectivity index (χ3n) is 4.64. The summed E-state index contributed by atoms with van der Waals surface area (Å²) in [5.74, 6) is -0.211. The van der Waals surface area contributed by atoms with Crippen LogP contribution in [0.3, 0.4) is 0 Å². The molecular formula is C19H23N3O2. The molecule has 1 atom stereocenters. The standard InChI is InChI=1S/C19H23N3O2/c1-19(24,13-5-6-13)12-17-16(18(20)23)10-9-15(22-17)8-7-14-4-2-3-11-21-14/h2-4,9-11,13,24H,5-8,12H2,1H3,(H2,20,23)/t19-/m1/s1. The van der Waals surface area contributed by atoms with E-state index in [4.69, 9.17) is 5.73 Å². The first-order valence-electron chi connectivity index (χ1n) is 8.36. The summed E-state index contributed by atoms with van der Waals surface area (Å²) < 4.78 is 0. The van der Waals surface area contributed by atoms with Crippen molar-refractivity contribution in [3.8, 4) is 0 Å². The van der Waals surface area contributed by atoms with Crippen LogP contribution in [0.5, 0.6) is 0 Å². The molecule has 2 aromatic heterocycles. The van der Waals surface area contributed by atoms with Gasteiger partial charge in [-0.15, -0.1) is 0 Å². The van der Waals surface area contributed by atoms with Gasteiger partial charge in [-0.2, -0.15) is 0 Å². The van der Waals surface area contributed by atoms with Crippen LogP contribution in [0.1, 0.15) is 47.2 Å². The number of aromatic nitrogens is 2. The van der Waals surface area contributed by atoms with Crippen molar-refractivity contribution in [1.29, 1.82) is 0 Å². The van der Waals surface area contributed by atoms with Gasteiger partial charge in [0.2, 0.25) is 0 Å². The number of amides is 1. The lowest BCUT2D eigenvalue weighted by Crippen LogP contribution is -2.32. The number of hydrogen-bond acceptors (Lipinski definition) is 4. The fourth-order valence-electron chi connectivity index (χ4n) is 3.04. The van der Waals surface area contributed by atoms with E-state index in [9.17, 15) is 9.90 Å². The van der Waals surface area contributed by atoms with Gasteiger partial charge in [-0.3, -0.25) is 14.8 Å². The van der Waals surface area contributed by atoms with E-state index in [1.54, 1.807) is 12.3 Å². The Hall–Kier alpha value is -2.27. The molecule has 1 saturated carbocycles. The van der Waals surface area contributed by atoms with Gasteiger partial charge in [0.15, 0.2) is 0 Å². The van der Waals surface area contributed by atoms with Crippen LogP contribution in [0, 0.1) is 5.92 Å². The van der Waals surface area contributed by atoms with Gasteiger partial charge in [-0.05, 0) is 62.8 Å². The lowest BCUT2D eigenvalue weighted by molar-refractivity contribution is 0.0360. The Bertz CT molecular complexity index is 725. The molecule has 1 fully saturated rings. The van der Waals surface area contributed by atoms with E-state index in [1.807, 2.05) is 31.2 Å². The summed E-state index contributed by atoms with van der Waals surface area (Å²) in [6.45, 7) is 1.82. The number of nitrogens with two attached hydrogens (primary N) is 1. The number of nitrogens with zero attached hydrogens (tertiary/aromatic N) is 2. The van der Waals surface area contributed by atoms with Crippen LogP contribution >= 0.6 is 0 Å². The molecule has 0 saturated heterocycles. The smallest absolute Gasteiger partial charge is 0.250 e. The lowest BCUT2D eigenvalue weighted by atomic mass is 9.92. The molecule has 1 aliphatic carbocycles. The first kappa shape index (κ1) is 16.6. The van der Waals surface area contributed by atoms with Crippen LogP contribution < -0.4 is 5.73 Å². The monoisotopic (exact) mass is 325 g/mol. The molecule has 0 radical (unpaired) electrons. The van der Waals surface area contributed by atoms with Crippen molar-refractivity contribution in [2.45, 2.75) is 44.6 Å². The average Bonchev–Trinajstić information content (AvgIpc) is 3.39. The highest BCUT2D eigenvalue weighted by molar-refractivity contribution is 5.93. The van der Waals surface area contributed by atoms with Crippen molar-refractivity contribution in [2.24, 2.45) is 11.7 Å². The zero-order valence-corrected chi connectivity index (χ0v) is 13.9. The molecule has 3 rings (SSSR count). The third kappa shape index (κ3) is 3.97. The van der Waals surface area contributed by atoms with Gasteiger partial charge in [0.05, 0.1) is 16.9 Å². The second kappa shape index (κ2) is 6.69. The summed E-state index contributed by atoms with van der Waals surface area (Å²) in [7, 11) is 0. The Balaban J connectivity index is 1.78. The quantitative estimate of drug-likeness (QED) is 0.815. The number of primary amides is 1. The van der Waals surface area contributed by atoms with Gasteiger partial charge in [0.25, 0.3) is 5.91 Å². The molecule has 5 heteroatoms. The summed E-state index contributed by atoms with van der Waals surface area (Å²) in [4.78, 5) is 20.6. The normalized spacial score (nSPS) is 16.6. The van der Waals surface area contributed by atoms with Crippen molar-refractivity contribution in [2.75, 3.05) is 0 Å². The fourth-order valence-corrected chi connectivity index (χ4v) is 3.04. The molecule has 3 N–H and O–H groups in total. The number of pyridine rings is 2. The molecule has 126 valence electrons. The van der Waals surface area contributed by atoms with Crippen molar-refractivity contribution < 1.29 is 9.90 Å². The lowest BCUT2D eigenvalue weighted by Gasteiger charge is -2.23.